The second-order valence-electron chi connectivity index (χ2n) is 5.68. The minimum atomic E-state index is -0.963. The maximum Gasteiger partial charge on any atom is 0.341 e. The highest BCUT2D eigenvalue weighted by Crippen LogP contribution is 2.32. The van der Waals surface area contributed by atoms with Gasteiger partial charge in [0.15, 0.2) is 17.6 Å². The van der Waals surface area contributed by atoms with Crippen LogP contribution in [0, 0.1) is 0 Å². The zero-order chi connectivity index (χ0) is 18.7. The Morgan fingerprint density at radius 1 is 1.23 bits per heavy atom. The molecule has 1 amide bonds. The zero-order valence-corrected chi connectivity index (χ0v) is 15.5. The van der Waals surface area contributed by atoms with Crippen molar-refractivity contribution in [3.05, 3.63) is 52.0 Å². The number of halogens is 1. The van der Waals surface area contributed by atoms with Gasteiger partial charge in [-0.05, 0) is 42.8 Å². The Kier molecular flexibility index (Phi) is 5.32. The van der Waals surface area contributed by atoms with Crippen LogP contribution in [0.5, 0.6) is 11.5 Å². The average molecular weight is 421 g/mol. The summed E-state index contributed by atoms with van der Waals surface area (Å²) in [5.74, 6) is 0.245. The molecule has 0 radical (unpaired) electrons. The van der Waals surface area contributed by atoms with Gasteiger partial charge in [0.2, 0.25) is 6.79 Å². The van der Waals surface area contributed by atoms with Gasteiger partial charge in [-0.1, -0.05) is 22.0 Å². The van der Waals surface area contributed by atoms with Crippen LogP contribution in [-0.2, 0) is 16.1 Å². The fourth-order valence-electron chi connectivity index (χ4n) is 2.37. The van der Waals surface area contributed by atoms with E-state index in [-0.39, 0.29) is 24.6 Å². The number of nitrogens with one attached hydrogen (secondary N) is 1. The summed E-state index contributed by atoms with van der Waals surface area (Å²) in [6.45, 7) is 1.97. The molecule has 0 saturated carbocycles. The number of carbonyl (C=O) groups is 2. The van der Waals surface area contributed by atoms with Gasteiger partial charge in [0.25, 0.3) is 5.91 Å². The van der Waals surface area contributed by atoms with Crippen molar-refractivity contribution >= 4 is 33.5 Å². The molecule has 0 aromatic heterocycles. The van der Waals surface area contributed by atoms with Crippen LogP contribution in [0.2, 0.25) is 0 Å². The highest BCUT2D eigenvalue weighted by atomic mass is 79.9. The highest BCUT2D eigenvalue weighted by Gasteiger charge is 2.21. The number of hydrogen-bond donors (Lipinski definition) is 2. The number of amides is 1. The second-order valence-corrected chi connectivity index (χ2v) is 6.60. The topological polar surface area (TPSA) is 99.9 Å². The third kappa shape index (κ3) is 4.08. The van der Waals surface area contributed by atoms with Gasteiger partial charge in [-0.3, -0.25) is 4.79 Å². The molecule has 0 aliphatic carbocycles. The third-order valence-electron chi connectivity index (χ3n) is 3.79. The molecule has 2 aromatic carbocycles. The normalized spacial score (nSPS) is 13.2. The number of ether oxygens (including phenoxy) is 3. The minimum absolute atomic E-state index is 0.191. The van der Waals surface area contributed by atoms with Gasteiger partial charge in [0.1, 0.15) is 0 Å². The average Bonchev–Trinajstić information content (AvgIpc) is 3.09. The van der Waals surface area contributed by atoms with E-state index in [9.17, 15) is 9.59 Å². The minimum Gasteiger partial charge on any atom is -0.454 e. The van der Waals surface area contributed by atoms with Crippen LogP contribution in [0.15, 0.2) is 40.9 Å². The lowest BCUT2D eigenvalue weighted by atomic mass is 10.2. The fourth-order valence-corrected chi connectivity index (χ4v) is 2.73. The lowest BCUT2D eigenvalue weighted by molar-refractivity contribution is -0.129. The predicted molar refractivity (Wildman–Crippen MR) is 97.8 cm³/mol. The summed E-state index contributed by atoms with van der Waals surface area (Å²) < 4.78 is 16.4. The summed E-state index contributed by atoms with van der Waals surface area (Å²) in [6.07, 6.45) is -0.963. The number of hydrogen-bond acceptors (Lipinski definition) is 6. The first-order valence-electron chi connectivity index (χ1n) is 7.86. The maximum atomic E-state index is 12.2. The maximum absolute atomic E-state index is 12.2. The van der Waals surface area contributed by atoms with Crippen LogP contribution in [0.4, 0.5) is 5.69 Å². The number of benzene rings is 2. The molecule has 0 saturated heterocycles. The van der Waals surface area contributed by atoms with Gasteiger partial charge in [-0.2, -0.15) is 0 Å². The summed E-state index contributed by atoms with van der Waals surface area (Å²) in [7, 11) is 0. The van der Waals surface area contributed by atoms with Crippen molar-refractivity contribution in [1.29, 1.82) is 0 Å². The number of nitrogens with two attached hydrogens (primary N) is 1. The standard InChI is InChI=1S/C18H17BrN2O5/c1-10(26-18(23)13-7-12(19)3-4-14(13)20)17(22)21-8-11-2-5-15-16(6-11)25-9-24-15/h2-7,10H,8-9,20H2,1H3,(H,21,22)/t10-/m1/s1. The van der Waals surface area contributed by atoms with Gasteiger partial charge < -0.3 is 25.3 Å². The van der Waals surface area contributed by atoms with Crippen molar-refractivity contribution in [3.8, 4) is 11.5 Å². The van der Waals surface area contributed by atoms with Crippen molar-refractivity contribution in [2.75, 3.05) is 12.5 Å². The SMILES string of the molecule is C[C@@H](OC(=O)c1cc(Br)ccc1N)C(=O)NCc1ccc2c(c1)OCO2. The molecule has 1 aliphatic rings. The van der Waals surface area contributed by atoms with Crippen molar-refractivity contribution in [1.82, 2.24) is 5.32 Å². The number of nitrogen functional groups attached to an aromatic ring is 1. The van der Waals surface area contributed by atoms with Crippen LogP contribution in [0.25, 0.3) is 0 Å². The van der Waals surface area contributed by atoms with Gasteiger partial charge in [-0.15, -0.1) is 0 Å². The van der Waals surface area contributed by atoms with Gasteiger partial charge in [-0.25, -0.2) is 4.79 Å². The Morgan fingerprint density at radius 3 is 2.81 bits per heavy atom. The molecule has 1 heterocycles. The molecule has 0 bridgehead atoms. The Labute approximate surface area is 158 Å². The van der Waals surface area contributed by atoms with Crippen molar-refractivity contribution in [2.24, 2.45) is 0 Å². The predicted octanol–water partition coefficient (Wildman–Crippen LogP) is 2.62. The summed E-state index contributed by atoms with van der Waals surface area (Å²) in [4.78, 5) is 24.4. The van der Waals surface area contributed by atoms with E-state index in [1.165, 1.54) is 6.92 Å². The Morgan fingerprint density at radius 2 is 2.00 bits per heavy atom. The van der Waals surface area contributed by atoms with Crippen LogP contribution in [-0.4, -0.2) is 24.8 Å². The van der Waals surface area contributed by atoms with Crippen LogP contribution < -0.4 is 20.5 Å². The Hall–Kier alpha value is -2.74. The number of rotatable bonds is 5. The van der Waals surface area contributed by atoms with Crippen molar-refractivity contribution in [2.45, 2.75) is 19.6 Å². The molecule has 26 heavy (non-hydrogen) atoms. The van der Waals surface area contributed by atoms with Gasteiger partial charge in [0.05, 0.1) is 5.56 Å². The molecule has 0 spiro atoms. The molecule has 2 aromatic rings. The van der Waals surface area contributed by atoms with Crippen LogP contribution >= 0.6 is 15.9 Å². The highest BCUT2D eigenvalue weighted by molar-refractivity contribution is 9.10. The number of esters is 1. The molecule has 8 heteroatoms. The van der Waals surface area contributed by atoms with E-state index in [1.807, 2.05) is 6.07 Å². The second kappa shape index (κ2) is 7.65. The van der Waals surface area contributed by atoms with E-state index in [0.29, 0.717) is 16.0 Å². The molecule has 3 rings (SSSR count). The molecular weight excluding hydrogens is 404 g/mol. The largest absolute Gasteiger partial charge is 0.454 e. The first-order chi connectivity index (χ1) is 12.4. The summed E-state index contributed by atoms with van der Waals surface area (Å²) >= 11 is 3.27. The quantitative estimate of drug-likeness (QED) is 0.569. The van der Waals surface area contributed by atoms with E-state index in [0.717, 1.165) is 5.56 Å². The van der Waals surface area contributed by atoms with Crippen LogP contribution in [0.1, 0.15) is 22.8 Å². The molecule has 136 valence electrons. The van der Waals surface area contributed by atoms with E-state index < -0.39 is 18.0 Å². The van der Waals surface area contributed by atoms with E-state index >= 15 is 0 Å². The van der Waals surface area contributed by atoms with E-state index in [1.54, 1.807) is 30.3 Å². The molecular formula is C18H17BrN2O5. The molecule has 3 N–H and O–H groups in total. The summed E-state index contributed by atoms with van der Waals surface area (Å²) in [6, 6.07) is 10.3. The molecule has 1 aliphatic heterocycles. The van der Waals surface area contributed by atoms with Gasteiger partial charge >= 0.3 is 5.97 Å². The van der Waals surface area contributed by atoms with Crippen molar-refractivity contribution < 1.29 is 23.8 Å². The number of anilines is 1. The zero-order valence-electron chi connectivity index (χ0n) is 14.0. The summed E-state index contributed by atoms with van der Waals surface area (Å²) in [5.41, 5.74) is 7.11. The lowest BCUT2D eigenvalue weighted by Crippen LogP contribution is -2.35. The first kappa shape index (κ1) is 18.1. The Bertz CT molecular complexity index is 855. The Balaban J connectivity index is 1.56. The number of carbonyl (C=O) groups excluding carboxylic acids is 2. The van der Waals surface area contributed by atoms with Crippen molar-refractivity contribution in [3.63, 3.8) is 0 Å². The van der Waals surface area contributed by atoms with E-state index in [2.05, 4.69) is 21.2 Å². The fraction of sp³-hybridized carbons (Fsp3) is 0.222. The van der Waals surface area contributed by atoms with Crippen LogP contribution in [0.3, 0.4) is 0 Å². The first-order valence-corrected chi connectivity index (χ1v) is 8.65. The van der Waals surface area contributed by atoms with Gasteiger partial charge in [0, 0.05) is 16.7 Å². The molecule has 0 unspecified atom stereocenters. The smallest absolute Gasteiger partial charge is 0.341 e. The molecule has 7 nitrogen and oxygen atoms in total. The molecule has 1 atom stereocenters. The number of fused-ring (bicyclic) bond motifs is 1. The lowest BCUT2D eigenvalue weighted by Gasteiger charge is -2.14. The molecule has 0 fully saturated rings. The summed E-state index contributed by atoms with van der Waals surface area (Å²) in [5, 5.41) is 2.72. The van der Waals surface area contributed by atoms with E-state index in [4.69, 9.17) is 19.9 Å². The third-order valence-corrected chi connectivity index (χ3v) is 4.29. The monoisotopic (exact) mass is 420 g/mol.